The molecule has 0 aliphatic carbocycles. The molecule has 5 heteroatoms. The van der Waals surface area contributed by atoms with E-state index >= 15 is 0 Å². The van der Waals surface area contributed by atoms with E-state index in [0.717, 1.165) is 48.6 Å². The first-order chi connectivity index (χ1) is 9.20. The summed E-state index contributed by atoms with van der Waals surface area (Å²) >= 11 is 3.43. The molecule has 106 valence electrons. The second-order valence-corrected chi connectivity index (χ2v) is 5.56. The van der Waals surface area contributed by atoms with Crippen molar-refractivity contribution in [1.29, 1.82) is 0 Å². The van der Waals surface area contributed by atoms with E-state index in [0.29, 0.717) is 6.42 Å². The summed E-state index contributed by atoms with van der Waals surface area (Å²) in [5, 5.41) is 10.3. The number of methoxy groups -OCH3 is 1. The molecule has 0 bridgehead atoms. The van der Waals surface area contributed by atoms with E-state index in [1.54, 1.807) is 7.11 Å². The maximum absolute atomic E-state index is 10.3. The predicted molar refractivity (Wildman–Crippen MR) is 77.5 cm³/mol. The lowest BCUT2D eigenvalue weighted by molar-refractivity contribution is 0.0299. The molecule has 2 rings (SSSR count). The SMILES string of the molecule is COc1ccc(Br)cc1C(O)CCN1CCOCC1. The molecule has 19 heavy (non-hydrogen) atoms. The zero-order valence-corrected chi connectivity index (χ0v) is 12.7. The molecule has 0 amide bonds. The van der Waals surface area contributed by atoms with Crippen LogP contribution in [0.1, 0.15) is 18.1 Å². The summed E-state index contributed by atoms with van der Waals surface area (Å²) in [4.78, 5) is 2.32. The van der Waals surface area contributed by atoms with Crippen LogP contribution in [0.4, 0.5) is 0 Å². The highest BCUT2D eigenvalue weighted by Gasteiger charge is 2.16. The summed E-state index contributed by atoms with van der Waals surface area (Å²) < 4.78 is 11.6. The standard InChI is InChI=1S/C14H20BrNO3/c1-18-14-3-2-11(15)10-12(14)13(17)4-5-16-6-8-19-9-7-16/h2-3,10,13,17H,4-9H2,1H3. The van der Waals surface area contributed by atoms with Crippen molar-refractivity contribution in [1.82, 2.24) is 4.90 Å². The second-order valence-electron chi connectivity index (χ2n) is 4.64. The average molecular weight is 330 g/mol. The van der Waals surface area contributed by atoms with E-state index in [9.17, 15) is 5.11 Å². The molecule has 1 aliphatic rings. The average Bonchev–Trinajstić information content (AvgIpc) is 2.46. The summed E-state index contributed by atoms with van der Waals surface area (Å²) in [6.07, 6.45) is 0.197. The first-order valence-electron chi connectivity index (χ1n) is 6.52. The highest BCUT2D eigenvalue weighted by Crippen LogP contribution is 2.30. The minimum Gasteiger partial charge on any atom is -0.496 e. The molecule has 0 spiro atoms. The number of halogens is 1. The summed E-state index contributed by atoms with van der Waals surface area (Å²) in [7, 11) is 1.63. The third-order valence-electron chi connectivity index (χ3n) is 3.37. The van der Waals surface area contributed by atoms with Gasteiger partial charge in [0.05, 0.1) is 26.4 Å². The molecule has 1 aromatic rings. The van der Waals surface area contributed by atoms with Gasteiger partial charge in [-0.05, 0) is 24.6 Å². The van der Waals surface area contributed by atoms with E-state index < -0.39 is 6.10 Å². The molecular weight excluding hydrogens is 310 g/mol. The quantitative estimate of drug-likeness (QED) is 0.899. The van der Waals surface area contributed by atoms with Crippen LogP contribution in [0, 0.1) is 0 Å². The fourth-order valence-electron chi connectivity index (χ4n) is 2.25. The minimum atomic E-state index is -0.504. The van der Waals surface area contributed by atoms with Gasteiger partial charge < -0.3 is 14.6 Å². The topological polar surface area (TPSA) is 41.9 Å². The Morgan fingerprint density at radius 3 is 2.84 bits per heavy atom. The van der Waals surface area contributed by atoms with E-state index in [4.69, 9.17) is 9.47 Å². The Morgan fingerprint density at radius 1 is 1.42 bits per heavy atom. The van der Waals surface area contributed by atoms with E-state index in [2.05, 4.69) is 20.8 Å². The van der Waals surface area contributed by atoms with Crippen molar-refractivity contribution in [2.45, 2.75) is 12.5 Å². The van der Waals surface area contributed by atoms with Gasteiger partial charge in [-0.1, -0.05) is 15.9 Å². The fourth-order valence-corrected chi connectivity index (χ4v) is 2.63. The number of morpholine rings is 1. The second kappa shape index (κ2) is 7.24. The van der Waals surface area contributed by atoms with Gasteiger partial charge in [0.2, 0.25) is 0 Å². The summed E-state index contributed by atoms with van der Waals surface area (Å²) in [5.74, 6) is 0.734. The van der Waals surface area contributed by atoms with Crippen LogP contribution in [0.5, 0.6) is 5.75 Å². The molecule has 1 N–H and O–H groups in total. The molecule has 1 fully saturated rings. The molecule has 0 aromatic heterocycles. The lowest BCUT2D eigenvalue weighted by atomic mass is 10.1. The van der Waals surface area contributed by atoms with Gasteiger partial charge in [-0.25, -0.2) is 0 Å². The molecule has 0 saturated carbocycles. The Hall–Kier alpha value is -0.620. The molecule has 1 aliphatic heterocycles. The lowest BCUT2D eigenvalue weighted by Crippen LogP contribution is -2.37. The smallest absolute Gasteiger partial charge is 0.124 e. The molecule has 1 heterocycles. The maximum Gasteiger partial charge on any atom is 0.124 e. The Morgan fingerprint density at radius 2 is 2.16 bits per heavy atom. The third kappa shape index (κ3) is 4.18. The first-order valence-corrected chi connectivity index (χ1v) is 7.31. The third-order valence-corrected chi connectivity index (χ3v) is 3.87. The van der Waals surface area contributed by atoms with Gasteiger partial charge in [0.25, 0.3) is 0 Å². The summed E-state index contributed by atoms with van der Waals surface area (Å²) in [6.45, 7) is 4.34. The highest BCUT2D eigenvalue weighted by atomic mass is 79.9. The van der Waals surface area contributed by atoms with Gasteiger partial charge in [-0.3, -0.25) is 4.90 Å². The summed E-state index contributed by atoms with van der Waals surface area (Å²) in [5.41, 5.74) is 0.838. The molecule has 1 unspecified atom stereocenters. The van der Waals surface area contributed by atoms with Gasteiger partial charge in [0.1, 0.15) is 5.75 Å². The Balaban J connectivity index is 1.94. The van der Waals surface area contributed by atoms with Crippen molar-refractivity contribution in [3.63, 3.8) is 0 Å². The monoisotopic (exact) mass is 329 g/mol. The Kier molecular flexibility index (Phi) is 5.63. The molecule has 1 saturated heterocycles. The van der Waals surface area contributed by atoms with Gasteiger partial charge in [0, 0.05) is 29.7 Å². The highest BCUT2D eigenvalue weighted by molar-refractivity contribution is 9.10. The number of rotatable bonds is 5. The van der Waals surface area contributed by atoms with Crippen LogP contribution in [0.25, 0.3) is 0 Å². The van der Waals surface area contributed by atoms with Crippen molar-refractivity contribution in [2.24, 2.45) is 0 Å². The van der Waals surface area contributed by atoms with Crippen molar-refractivity contribution in [2.75, 3.05) is 40.0 Å². The number of ether oxygens (including phenoxy) is 2. The van der Waals surface area contributed by atoms with Crippen LogP contribution in [0.3, 0.4) is 0 Å². The fraction of sp³-hybridized carbons (Fsp3) is 0.571. The van der Waals surface area contributed by atoms with Crippen LogP contribution in [0.15, 0.2) is 22.7 Å². The molecule has 1 atom stereocenters. The van der Waals surface area contributed by atoms with Crippen molar-refractivity contribution >= 4 is 15.9 Å². The van der Waals surface area contributed by atoms with Crippen LogP contribution in [-0.4, -0.2) is 50.0 Å². The first kappa shape index (κ1) is 14.8. The number of aliphatic hydroxyl groups excluding tert-OH is 1. The normalized spacial score (nSPS) is 18.3. The zero-order chi connectivity index (χ0) is 13.7. The molecule has 4 nitrogen and oxygen atoms in total. The predicted octanol–water partition coefficient (Wildman–Crippen LogP) is 2.21. The van der Waals surface area contributed by atoms with Gasteiger partial charge in [0.15, 0.2) is 0 Å². The molecule has 1 aromatic carbocycles. The summed E-state index contributed by atoms with van der Waals surface area (Å²) in [6, 6.07) is 5.71. The van der Waals surface area contributed by atoms with Crippen LogP contribution in [-0.2, 0) is 4.74 Å². The van der Waals surface area contributed by atoms with E-state index in [1.807, 2.05) is 18.2 Å². The Labute approximate surface area is 122 Å². The number of hydrogen-bond acceptors (Lipinski definition) is 4. The van der Waals surface area contributed by atoms with Gasteiger partial charge >= 0.3 is 0 Å². The van der Waals surface area contributed by atoms with Gasteiger partial charge in [-0.15, -0.1) is 0 Å². The maximum atomic E-state index is 10.3. The molecular formula is C14H20BrNO3. The largest absolute Gasteiger partial charge is 0.496 e. The van der Waals surface area contributed by atoms with Crippen molar-refractivity contribution in [3.05, 3.63) is 28.2 Å². The number of nitrogens with zero attached hydrogens (tertiary/aromatic N) is 1. The Bertz CT molecular complexity index is 408. The van der Waals surface area contributed by atoms with E-state index in [-0.39, 0.29) is 0 Å². The zero-order valence-electron chi connectivity index (χ0n) is 11.1. The van der Waals surface area contributed by atoms with Crippen molar-refractivity contribution in [3.8, 4) is 5.75 Å². The van der Waals surface area contributed by atoms with Gasteiger partial charge in [-0.2, -0.15) is 0 Å². The minimum absolute atomic E-state index is 0.504. The van der Waals surface area contributed by atoms with Crippen LogP contribution >= 0.6 is 15.9 Å². The van der Waals surface area contributed by atoms with E-state index in [1.165, 1.54) is 0 Å². The number of aliphatic hydroxyl groups is 1. The number of hydrogen-bond donors (Lipinski definition) is 1. The lowest BCUT2D eigenvalue weighted by Gasteiger charge is -2.27. The van der Waals surface area contributed by atoms with Crippen molar-refractivity contribution < 1.29 is 14.6 Å². The number of benzene rings is 1. The van der Waals surface area contributed by atoms with Crippen LogP contribution in [0.2, 0.25) is 0 Å². The molecule has 0 radical (unpaired) electrons. The van der Waals surface area contributed by atoms with Crippen LogP contribution < -0.4 is 4.74 Å².